The third-order valence-electron chi connectivity index (χ3n) is 3.21. The molecule has 110 valence electrons. The molecule has 2 aromatic rings. The van der Waals surface area contributed by atoms with E-state index >= 15 is 0 Å². The van der Waals surface area contributed by atoms with Gasteiger partial charge in [0.1, 0.15) is 0 Å². The molecule has 0 saturated heterocycles. The number of benzene rings is 1. The molecule has 2 heterocycles. The predicted octanol–water partition coefficient (Wildman–Crippen LogP) is 2.71. The summed E-state index contributed by atoms with van der Waals surface area (Å²) in [5.41, 5.74) is 1.50. The summed E-state index contributed by atoms with van der Waals surface area (Å²) < 4.78 is 13.6. The molecule has 0 unspecified atom stereocenters. The van der Waals surface area contributed by atoms with Gasteiger partial charge in [0, 0.05) is 23.5 Å². The summed E-state index contributed by atoms with van der Waals surface area (Å²) in [5, 5.41) is 13.0. The summed E-state index contributed by atoms with van der Waals surface area (Å²) in [6.45, 7) is 1.22. The molecule has 1 aliphatic rings. The van der Waals surface area contributed by atoms with Crippen LogP contribution in [-0.4, -0.2) is 34.1 Å². The third kappa shape index (κ3) is 2.61. The average Bonchev–Trinajstić information content (AvgIpc) is 2.68. The van der Waals surface area contributed by atoms with Crippen molar-refractivity contribution < 1.29 is 19.4 Å². The molecule has 1 aromatic heterocycles. The summed E-state index contributed by atoms with van der Waals surface area (Å²) in [7, 11) is 1.71. The number of halogens is 1. The number of carbonyl (C=O) groups is 1. The smallest absolute Gasteiger partial charge is 0.356 e. The minimum absolute atomic E-state index is 0.00603. The lowest BCUT2D eigenvalue weighted by atomic mass is 10.1. The van der Waals surface area contributed by atoms with E-state index in [1.165, 1.54) is 10.7 Å². The van der Waals surface area contributed by atoms with E-state index < -0.39 is 5.97 Å². The normalized spacial score (nSPS) is 13.8. The van der Waals surface area contributed by atoms with Crippen molar-refractivity contribution in [2.75, 3.05) is 13.2 Å². The second kappa shape index (κ2) is 5.40. The number of ether oxygens (including phenoxy) is 2. The SMILES string of the molecule is Cn1nc(C(=O)O)cc1-c1cc2c(cc1Br)OCCCO2. The highest BCUT2D eigenvalue weighted by molar-refractivity contribution is 9.10. The molecule has 1 aromatic carbocycles. The molecule has 0 atom stereocenters. The van der Waals surface area contributed by atoms with E-state index in [-0.39, 0.29) is 5.69 Å². The number of hydrogen-bond donors (Lipinski definition) is 1. The Bertz CT molecular complexity index is 711. The van der Waals surface area contributed by atoms with E-state index in [4.69, 9.17) is 14.6 Å². The Kier molecular flexibility index (Phi) is 3.59. The molecule has 7 heteroatoms. The number of carboxylic acid groups (broad SMARTS) is 1. The van der Waals surface area contributed by atoms with E-state index in [1.54, 1.807) is 7.05 Å². The molecule has 0 spiro atoms. The van der Waals surface area contributed by atoms with Gasteiger partial charge in [-0.05, 0) is 34.1 Å². The summed E-state index contributed by atoms with van der Waals surface area (Å²) >= 11 is 3.49. The van der Waals surface area contributed by atoms with E-state index in [2.05, 4.69) is 21.0 Å². The number of aromatic carboxylic acids is 1. The Labute approximate surface area is 129 Å². The summed E-state index contributed by atoms with van der Waals surface area (Å²) in [5.74, 6) is 0.287. The highest BCUT2D eigenvalue weighted by atomic mass is 79.9. The first kappa shape index (κ1) is 13.9. The average molecular weight is 353 g/mol. The fourth-order valence-electron chi connectivity index (χ4n) is 2.20. The van der Waals surface area contributed by atoms with Crippen LogP contribution in [0.2, 0.25) is 0 Å². The van der Waals surface area contributed by atoms with Crippen molar-refractivity contribution >= 4 is 21.9 Å². The fourth-order valence-corrected chi connectivity index (χ4v) is 2.73. The van der Waals surface area contributed by atoms with Crippen LogP contribution in [0, 0.1) is 0 Å². The number of hydrogen-bond acceptors (Lipinski definition) is 4. The molecule has 6 nitrogen and oxygen atoms in total. The summed E-state index contributed by atoms with van der Waals surface area (Å²) in [4.78, 5) is 11.0. The highest BCUT2D eigenvalue weighted by Gasteiger charge is 2.19. The maximum atomic E-state index is 11.0. The van der Waals surface area contributed by atoms with E-state index in [1.807, 2.05) is 12.1 Å². The molecule has 0 fully saturated rings. The van der Waals surface area contributed by atoms with Gasteiger partial charge >= 0.3 is 5.97 Å². The van der Waals surface area contributed by atoms with E-state index in [9.17, 15) is 4.79 Å². The van der Waals surface area contributed by atoms with E-state index in [0.29, 0.717) is 30.4 Å². The molecule has 21 heavy (non-hydrogen) atoms. The zero-order chi connectivity index (χ0) is 15.0. The van der Waals surface area contributed by atoms with Gasteiger partial charge in [0.2, 0.25) is 0 Å². The largest absolute Gasteiger partial charge is 0.490 e. The van der Waals surface area contributed by atoms with Crippen LogP contribution in [0.5, 0.6) is 11.5 Å². The number of rotatable bonds is 2. The molecule has 0 saturated carbocycles. The van der Waals surface area contributed by atoms with Gasteiger partial charge in [-0.25, -0.2) is 4.79 Å². The quantitative estimate of drug-likeness (QED) is 0.899. The van der Waals surface area contributed by atoms with Crippen molar-refractivity contribution in [2.24, 2.45) is 7.05 Å². The Hall–Kier alpha value is -2.02. The monoisotopic (exact) mass is 352 g/mol. The van der Waals surface area contributed by atoms with Crippen molar-refractivity contribution in [1.29, 1.82) is 0 Å². The van der Waals surface area contributed by atoms with Crippen molar-refractivity contribution in [2.45, 2.75) is 6.42 Å². The molecule has 0 amide bonds. The Balaban J connectivity index is 2.10. The number of aromatic nitrogens is 2. The minimum atomic E-state index is -1.05. The van der Waals surface area contributed by atoms with Crippen LogP contribution >= 0.6 is 15.9 Å². The summed E-state index contributed by atoms with van der Waals surface area (Å²) in [6.07, 6.45) is 0.830. The van der Waals surface area contributed by atoms with E-state index in [0.717, 1.165) is 16.5 Å². The fraction of sp³-hybridized carbons (Fsp3) is 0.286. The van der Waals surface area contributed by atoms with Gasteiger partial charge in [0.25, 0.3) is 0 Å². The first-order valence-corrected chi connectivity index (χ1v) is 7.22. The van der Waals surface area contributed by atoms with Gasteiger partial charge in [-0.1, -0.05) is 0 Å². The first-order chi connectivity index (χ1) is 10.1. The standard InChI is InChI=1S/C14H13BrN2O4/c1-17-11(7-10(16-17)14(18)19)8-5-12-13(6-9(8)15)21-4-2-3-20-12/h5-7H,2-4H2,1H3,(H,18,19). The lowest BCUT2D eigenvalue weighted by molar-refractivity contribution is 0.0689. The number of carboxylic acids is 1. The Morgan fingerprint density at radius 1 is 1.29 bits per heavy atom. The van der Waals surface area contributed by atoms with Crippen LogP contribution in [0.4, 0.5) is 0 Å². The molecular formula is C14H13BrN2O4. The Morgan fingerprint density at radius 3 is 2.57 bits per heavy atom. The zero-order valence-corrected chi connectivity index (χ0v) is 12.9. The van der Waals surface area contributed by atoms with Crippen molar-refractivity contribution in [3.05, 3.63) is 28.4 Å². The lowest BCUT2D eigenvalue weighted by Gasteiger charge is -2.11. The molecule has 0 bridgehead atoms. The maximum absolute atomic E-state index is 11.0. The molecular weight excluding hydrogens is 340 g/mol. The molecule has 1 N–H and O–H groups in total. The number of fused-ring (bicyclic) bond motifs is 1. The summed E-state index contributed by atoms with van der Waals surface area (Å²) in [6, 6.07) is 5.21. The van der Waals surface area contributed by atoms with Crippen molar-refractivity contribution in [3.8, 4) is 22.8 Å². The number of aryl methyl sites for hydroxylation is 1. The van der Waals surface area contributed by atoms with Crippen LogP contribution in [0.25, 0.3) is 11.3 Å². The van der Waals surface area contributed by atoms with Gasteiger partial charge < -0.3 is 14.6 Å². The van der Waals surface area contributed by atoms with Crippen molar-refractivity contribution in [3.63, 3.8) is 0 Å². The van der Waals surface area contributed by atoms with Crippen molar-refractivity contribution in [1.82, 2.24) is 9.78 Å². The zero-order valence-electron chi connectivity index (χ0n) is 11.3. The highest BCUT2D eigenvalue weighted by Crippen LogP contribution is 2.39. The van der Waals surface area contributed by atoms with Crippen LogP contribution in [0.15, 0.2) is 22.7 Å². The third-order valence-corrected chi connectivity index (χ3v) is 3.87. The molecule has 0 aliphatic carbocycles. The molecule has 3 rings (SSSR count). The second-order valence-electron chi connectivity index (χ2n) is 4.67. The maximum Gasteiger partial charge on any atom is 0.356 e. The Morgan fingerprint density at radius 2 is 1.95 bits per heavy atom. The van der Waals surface area contributed by atoms with Crippen LogP contribution in [0.3, 0.4) is 0 Å². The number of nitrogens with zero attached hydrogens (tertiary/aromatic N) is 2. The van der Waals surface area contributed by atoms with Gasteiger partial charge in [-0.2, -0.15) is 5.10 Å². The lowest BCUT2D eigenvalue weighted by Crippen LogP contribution is -1.99. The topological polar surface area (TPSA) is 73.6 Å². The van der Waals surface area contributed by atoms with Crippen LogP contribution in [0.1, 0.15) is 16.9 Å². The second-order valence-corrected chi connectivity index (χ2v) is 5.53. The predicted molar refractivity (Wildman–Crippen MR) is 78.9 cm³/mol. The van der Waals surface area contributed by atoms with Crippen LogP contribution in [-0.2, 0) is 7.05 Å². The van der Waals surface area contributed by atoms with Crippen LogP contribution < -0.4 is 9.47 Å². The van der Waals surface area contributed by atoms with Gasteiger partial charge in [-0.3, -0.25) is 4.68 Å². The minimum Gasteiger partial charge on any atom is -0.490 e. The molecule has 1 aliphatic heterocycles. The first-order valence-electron chi connectivity index (χ1n) is 6.43. The van der Waals surface area contributed by atoms with Gasteiger partial charge in [0.05, 0.1) is 18.9 Å². The van der Waals surface area contributed by atoms with Gasteiger partial charge in [-0.15, -0.1) is 0 Å². The van der Waals surface area contributed by atoms with Gasteiger partial charge in [0.15, 0.2) is 17.2 Å². The molecule has 0 radical (unpaired) electrons.